The quantitative estimate of drug-likeness (QED) is 0.646. The summed E-state index contributed by atoms with van der Waals surface area (Å²) < 4.78 is 10.0. The van der Waals surface area contributed by atoms with E-state index in [-0.39, 0.29) is 11.9 Å². The number of ether oxygens (including phenoxy) is 2. The molecule has 0 radical (unpaired) electrons. The van der Waals surface area contributed by atoms with Crippen molar-refractivity contribution in [3.8, 4) is 0 Å². The van der Waals surface area contributed by atoms with Gasteiger partial charge in [0, 0.05) is 31.4 Å². The van der Waals surface area contributed by atoms with Gasteiger partial charge in [0.2, 0.25) is 0 Å². The number of hydrogen-bond donors (Lipinski definition) is 1. The molecular weight excluding hydrogens is 222 g/mol. The molecule has 2 N–H and O–H groups in total. The van der Waals surface area contributed by atoms with Crippen molar-refractivity contribution in [1.29, 1.82) is 0 Å². The van der Waals surface area contributed by atoms with Gasteiger partial charge in [0.25, 0.3) is 0 Å². The van der Waals surface area contributed by atoms with Crippen LogP contribution in [0.25, 0.3) is 0 Å². The van der Waals surface area contributed by atoms with Crippen molar-refractivity contribution < 1.29 is 19.1 Å². The van der Waals surface area contributed by atoms with Crippen LogP contribution in [0.3, 0.4) is 0 Å². The zero-order valence-corrected chi connectivity index (χ0v) is 9.94. The van der Waals surface area contributed by atoms with E-state index >= 15 is 0 Å². The van der Waals surface area contributed by atoms with Gasteiger partial charge in [-0.3, -0.25) is 9.59 Å². The van der Waals surface area contributed by atoms with Gasteiger partial charge in [0.1, 0.15) is 0 Å². The molecule has 0 spiro atoms. The molecule has 1 aliphatic heterocycles. The Morgan fingerprint density at radius 1 is 0.941 bits per heavy atom. The van der Waals surface area contributed by atoms with Crippen LogP contribution in [0, 0.1) is 0 Å². The Hall–Kier alpha value is -1.52. The molecule has 5 nitrogen and oxygen atoms in total. The SMILES string of the molecule is N/C1=C\CCOC(=O)CCCCC(=O)OCC1. The van der Waals surface area contributed by atoms with E-state index in [9.17, 15) is 9.59 Å². The number of nitrogens with two attached hydrogens (primary N) is 1. The molecule has 0 aromatic carbocycles. The average Bonchev–Trinajstić information content (AvgIpc) is 2.29. The fraction of sp³-hybridized carbons (Fsp3) is 0.667. The standard InChI is InChI=1S/C12H19NO4/c13-10-4-3-8-16-11(14)5-1-2-6-12(15)17-9-7-10/h4H,1-3,5-9,13H2/b10-4-. The first kappa shape index (κ1) is 13.5. The molecule has 1 aliphatic rings. The van der Waals surface area contributed by atoms with E-state index in [0.29, 0.717) is 57.4 Å². The predicted octanol–water partition coefficient (Wildman–Crippen LogP) is 1.27. The highest BCUT2D eigenvalue weighted by atomic mass is 16.5. The molecular formula is C12H19NO4. The van der Waals surface area contributed by atoms with Crippen LogP contribution in [-0.4, -0.2) is 25.2 Å². The van der Waals surface area contributed by atoms with E-state index in [1.807, 2.05) is 0 Å². The van der Waals surface area contributed by atoms with Crippen molar-refractivity contribution in [3.05, 3.63) is 11.8 Å². The molecule has 0 atom stereocenters. The lowest BCUT2D eigenvalue weighted by atomic mass is 10.2. The van der Waals surface area contributed by atoms with Gasteiger partial charge < -0.3 is 15.2 Å². The van der Waals surface area contributed by atoms with Crippen LogP contribution in [0.5, 0.6) is 0 Å². The number of cyclic esters (lactones) is 2. The van der Waals surface area contributed by atoms with Gasteiger partial charge in [0.15, 0.2) is 0 Å². The molecule has 0 amide bonds. The van der Waals surface area contributed by atoms with Crippen molar-refractivity contribution in [1.82, 2.24) is 0 Å². The maximum Gasteiger partial charge on any atom is 0.305 e. The third-order valence-corrected chi connectivity index (χ3v) is 2.45. The molecule has 96 valence electrons. The maximum absolute atomic E-state index is 11.2. The Morgan fingerprint density at radius 2 is 1.53 bits per heavy atom. The molecule has 0 saturated carbocycles. The van der Waals surface area contributed by atoms with E-state index < -0.39 is 0 Å². The zero-order valence-electron chi connectivity index (χ0n) is 9.94. The van der Waals surface area contributed by atoms with Crippen molar-refractivity contribution in [2.24, 2.45) is 5.73 Å². The van der Waals surface area contributed by atoms with Crippen LogP contribution >= 0.6 is 0 Å². The van der Waals surface area contributed by atoms with Gasteiger partial charge in [-0.15, -0.1) is 0 Å². The number of esters is 2. The Kier molecular flexibility index (Phi) is 6.14. The molecule has 1 heterocycles. The lowest BCUT2D eigenvalue weighted by Crippen LogP contribution is -2.11. The van der Waals surface area contributed by atoms with E-state index in [1.54, 1.807) is 6.08 Å². The summed E-state index contributed by atoms with van der Waals surface area (Å²) >= 11 is 0. The van der Waals surface area contributed by atoms with E-state index in [4.69, 9.17) is 15.2 Å². The molecule has 17 heavy (non-hydrogen) atoms. The first-order valence-electron chi connectivity index (χ1n) is 5.94. The van der Waals surface area contributed by atoms with Crippen LogP contribution < -0.4 is 5.73 Å². The minimum atomic E-state index is -0.233. The molecule has 0 unspecified atom stereocenters. The minimum Gasteiger partial charge on any atom is -0.465 e. The normalized spacial score (nSPS) is 23.9. The van der Waals surface area contributed by atoms with Gasteiger partial charge in [-0.05, 0) is 12.8 Å². The highest BCUT2D eigenvalue weighted by molar-refractivity contribution is 5.70. The summed E-state index contributed by atoms with van der Waals surface area (Å²) in [5.74, 6) is -0.453. The van der Waals surface area contributed by atoms with E-state index in [1.165, 1.54) is 0 Å². The van der Waals surface area contributed by atoms with Crippen molar-refractivity contribution in [3.63, 3.8) is 0 Å². The van der Waals surface area contributed by atoms with E-state index in [0.717, 1.165) is 0 Å². The second kappa shape index (κ2) is 7.70. The zero-order chi connectivity index (χ0) is 12.5. The minimum absolute atomic E-state index is 0.220. The Labute approximate surface area is 101 Å². The monoisotopic (exact) mass is 241 g/mol. The van der Waals surface area contributed by atoms with Crippen LogP contribution in [0.4, 0.5) is 0 Å². The third kappa shape index (κ3) is 6.60. The fourth-order valence-corrected chi connectivity index (χ4v) is 1.48. The smallest absolute Gasteiger partial charge is 0.305 e. The summed E-state index contributed by atoms with van der Waals surface area (Å²) in [4.78, 5) is 22.5. The Bertz CT molecular complexity index is 299. The Balaban J connectivity index is 2.42. The topological polar surface area (TPSA) is 78.6 Å². The first-order valence-corrected chi connectivity index (χ1v) is 5.94. The highest BCUT2D eigenvalue weighted by Gasteiger charge is 2.07. The summed E-state index contributed by atoms with van der Waals surface area (Å²) in [5, 5.41) is 0. The van der Waals surface area contributed by atoms with Gasteiger partial charge in [-0.2, -0.15) is 0 Å². The summed E-state index contributed by atoms with van der Waals surface area (Å²) in [5.41, 5.74) is 6.35. The van der Waals surface area contributed by atoms with Crippen LogP contribution in [0.15, 0.2) is 11.8 Å². The molecule has 0 aromatic heterocycles. The van der Waals surface area contributed by atoms with Gasteiger partial charge in [-0.1, -0.05) is 6.08 Å². The van der Waals surface area contributed by atoms with Crippen LogP contribution in [0.1, 0.15) is 38.5 Å². The predicted molar refractivity (Wildman–Crippen MR) is 61.9 cm³/mol. The molecule has 0 aliphatic carbocycles. The van der Waals surface area contributed by atoms with E-state index in [2.05, 4.69) is 0 Å². The number of rotatable bonds is 0. The van der Waals surface area contributed by atoms with Gasteiger partial charge >= 0.3 is 11.9 Å². The lowest BCUT2D eigenvalue weighted by molar-refractivity contribution is -0.145. The molecule has 0 saturated heterocycles. The summed E-state index contributed by atoms with van der Waals surface area (Å²) in [6.07, 6.45) is 4.94. The largest absolute Gasteiger partial charge is 0.465 e. The second-order valence-corrected chi connectivity index (χ2v) is 3.97. The Morgan fingerprint density at radius 3 is 2.18 bits per heavy atom. The molecule has 0 aromatic rings. The first-order chi connectivity index (χ1) is 8.18. The summed E-state index contributed by atoms with van der Waals surface area (Å²) in [6.45, 7) is 0.681. The average molecular weight is 241 g/mol. The van der Waals surface area contributed by atoms with Crippen molar-refractivity contribution >= 4 is 11.9 Å². The fourth-order valence-electron chi connectivity index (χ4n) is 1.48. The third-order valence-electron chi connectivity index (χ3n) is 2.45. The summed E-state index contributed by atoms with van der Waals surface area (Å²) in [7, 11) is 0. The highest BCUT2D eigenvalue weighted by Crippen LogP contribution is 2.05. The molecule has 0 fully saturated rings. The second-order valence-electron chi connectivity index (χ2n) is 3.97. The lowest BCUT2D eigenvalue weighted by Gasteiger charge is -2.07. The molecule has 1 rings (SSSR count). The van der Waals surface area contributed by atoms with Crippen molar-refractivity contribution in [2.45, 2.75) is 38.5 Å². The number of carbonyl (C=O) groups is 2. The number of carbonyl (C=O) groups excluding carboxylic acids is 2. The van der Waals surface area contributed by atoms with Crippen LogP contribution in [-0.2, 0) is 19.1 Å². The van der Waals surface area contributed by atoms with Crippen LogP contribution in [0.2, 0.25) is 0 Å². The van der Waals surface area contributed by atoms with Gasteiger partial charge in [-0.25, -0.2) is 0 Å². The number of hydrogen-bond acceptors (Lipinski definition) is 5. The molecule has 5 heteroatoms. The van der Waals surface area contributed by atoms with Gasteiger partial charge in [0.05, 0.1) is 13.2 Å². The van der Waals surface area contributed by atoms with Crippen molar-refractivity contribution in [2.75, 3.05) is 13.2 Å². The maximum atomic E-state index is 11.2. The molecule has 0 bridgehead atoms. The summed E-state index contributed by atoms with van der Waals surface area (Å²) in [6, 6.07) is 0.